The zero-order valence-electron chi connectivity index (χ0n) is 10.4. The SMILES string of the molecule is NCc1ccc(F)c(-c2ccc3c(c2)OCCO3)c1. The van der Waals surface area contributed by atoms with Crippen molar-refractivity contribution in [3.63, 3.8) is 0 Å². The van der Waals surface area contributed by atoms with Crippen LogP contribution < -0.4 is 15.2 Å². The quantitative estimate of drug-likeness (QED) is 0.901. The highest BCUT2D eigenvalue weighted by molar-refractivity contribution is 5.68. The molecule has 0 aliphatic carbocycles. The maximum atomic E-state index is 13.9. The molecule has 0 atom stereocenters. The molecule has 2 aromatic rings. The summed E-state index contributed by atoms with van der Waals surface area (Å²) in [5, 5.41) is 0. The Morgan fingerprint density at radius 1 is 1.00 bits per heavy atom. The van der Waals surface area contributed by atoms with Crippen molar-refractivity contribution in [1.29, 1.82) is 0 Å². The van der Waals surface area contributed by atoms with Gasteiger partial charge in [-0.3, -0.25) is 0 Å². The predicted octanol–water partition coefficient (Wildman–Crippen LogP) is 2.72. The molecule has 1 aliphatic rings. The fourth-order valence-electron chi connectivity index (χ4n) is 2.13. The molecule has 1 aliphatic heterocycles. The molecule has 0 bridgehead atoms. The lowest BCUT2D eigenvalue weighted by Gasteiger charge is -2.19. The number of fused-ring (bicyclic) bond motifs is 1. The lowest BCUT2D eigenvalue weighted by Crippen LogP contribution is -2.15. The van der Waals surface area contributed by atoms with E-state index < -0.39 is 0 Å². The standard InChI is InChI=1S/C15H14FNO2/c16-13-3-1-10(9-17)7-12(13)11-2-4-14-15(8-11)19-6-5-18-14/h1-4,7-8H,5-6,9,17H2. The normalized spacial score (nSPS) is 13.4. The lowest BCUT2D eigenvalue weighted by molar-refractivity contribution is 0.171. The molecule has 3 nitrogen and oxygen atoms in total. The molecule has 0 saturated heterocycles. The van der Waals surface area contributed by atoms with Crippen LogP contribution in [-0.2, 0) is 6.54 Å². The Hall–Kier alpha value is -2.07. The van der Waals surface area contributed by atoms with Gasteiger partial charge in [0.25, 0.3) is 0 Å². The van der Waals surface area contributed by atoms with Gasteiger partial charge in [0.2, 0.25) is 0 Å². The van der Waals surface area contributed by atoms with E-state index in [2.05, 4.69) is 0 Å². The van der Waals surface area contributed by atoms with E-state index in [0.717, 1.165) is 11.1 Å². The fourth-order valence-corrected chi connectivity index (χ4v) is 2.13. The molecular weight excluding hydrogens is 245 g/mol. The summed E-state index contributed by atoms with van der Waals surface area (Å²) < 4.78 is 24.9. The summed E-state index contributed by atoms with van der Waals surface area (Å²) in [4.78, 5) is 0. The van der Waals surface area contributed by atoms with E-state index in [9.17, 15) is 4.39 Å². The summed E-state index contributed by atoms with van der Waals surface area (Å²) in [6, 6.07) is 10.3. The molecule has 0 saturated carbocycles. The number of hydrogen-bond donors (Lipinski definition) is 1. The molecule has 98 valence electrons. The van der Waals surface area contributed by atoms with Crippen LogP contribution in [0.4, 0.5) is 4.39 Å². The number of rotatable bonds is 2. The molecular formula is C15H14FNO2. The summed E-state index contributed by atoms with van der Waals surface area (Å²) >= 11 is 0. The van der Waals surface area contributed by atoms with Gasteiger partial charge >= 0.3 is 0 Å². The molecule has 0 unspecified atom stereocenters. The Bertz CT molecular complexity index is 613. The van der Waals surface area contributed by atoms with E-state index in [1.807, 2.05) is 6.07 Å². The van der Waals surface area contributed by atoms with E-state index in [4.69, 9.17) is 15.2 Å². The Morgan fingerprint density at radius 3 is 2.58 bits per heavy atom. The van der Waals surface area contributed by atoms with Crippen molar-refractivity contribution in [2.75, 3.05) is 13.2 Å². The average molecular weight is 259 g/mol. The number of nitrogens with two attached hydrogens (primary N) is 1. The molecule has 0 amide bonds. The van der Waals surface area contributed by atoms with Gasteiger partial charge in [-0.1, -0.05) is 12.1 Å². The van der Waals surface area contributed by atoms with Gasteiger partial charge in [0, 0.05) is 12.1 Å². The number of ether oxygens (including phenoxy) is 2. The van der Waals surface area contributed by atoms with Crippen LogP contribution in [-0.4, -0.2) is 13.2 Å². The monoisotopic (exact) mass is 259 g/mol. The van der Waals surface area contributed by atoms with E-state index in [-0.39, 0.29) is 5.82 Å². The van der Waals surface area contributed by atoms with Crippen molar-refractivity contribution in [2.24, 2.45) is 5.73 Å². The Balaban J connectivity index is 2.06. The summed E-state index contributed by atoms with van der Waals surface area (Å²) in [5.74, 6) is 1.08. The average Bonchev–Trinajstić information content (AvgIpc) is 2.47. The van der Waals surface area contributed by atoms with Gasteiger partial charge in [-0.2, -0.15) is 0 Å². The molecule has 4 heteroatoms. The molecule has 0 spiro atoms. The maximum Gasteiger partial charge on any atom is 0.161 e. The molecule has 2 aromatic carbocycles. The summed E-state index contributed by atoms with van der Waals surface area (Å²) in [7, 11) is 0. The number of benzene rings is 2. The van der Waals surface area contributed by atoms with Crippen molar-refractivity contribution < 1.29 is 13.9 Å². The first-order valence-corrected chi connectivity index (χ1v) is 6.16. The van der Waals surface area contributed by atoms with E-state index >= 15 is 0 Å². The highest BCUT2D eigenvalue weighted by Gasteiger charge is 2.14. The van der Waals surface area contributed by atoms with Crippen molar-refractivity contribution in [1.82, 2.24) is 0 Å². The van der Waals surface area contributed by atoms with Gasteiger partial charge in [-0.15, -0.1) is 0 Å². The highest BCUT2D eigenvalue weighted by Crippen LogP contribution is 2.35. The Kier molecular flexibility index (Phi) is 3.09. The second-order valence-electron chi connectivity index (χ2n) is 4.38. The van der Waals surface area contributed by atoms with E-state index in [1.165, 1.54) is 6.07 Å². The number of halogens is 1. The predicted molar refractivity (Wildman–Crippen MR) is 70.7 cm³/mol. The van der Waals surface area contributed by atoms with Crippen LogP contribution in [0.3, 0.4) is 0 Å². The zero-order chi connectivity index (χ0) is 13.2. The zero-order valence-corrected chi connectivity index (χ0v) is 10.4. The third-order valence-electron chi connectivity index (χ3n) is 3.12. The molecule has 0 fully saturated rings. The Morgan fingerprint density at radius 2 is 1.79 bits per heavy atom. The summed E-state index contributed by atoms with van der Waals surface area (Å²) in [5.41, 5.74) is 7.77. The second kappa shape index (κ2) is 4.90. The fraction of sp³-hybridized carbons (Fsp3) is 0.200. The summed E-state index contributed by atoms with van der Waals surface area (Å²) in [6.45, 7) is 1.45. The molecule has 3 rings (SSSR count). The first-order valence-electron chi connectivity index (χ1n) is 6.16. The van der Waals surface area contributed by atoms with Gasteiger partial charge in [0.05, 0.1) is 0 Å². The first-order chi connectivity index (χ1) is 9.28. The molecule has 1 heterocycles. The van der Waals surface area contributed by atoms with E-state index in [0.29, 0.717) is 36.8 Å². The van der Waals surface area contributed by atoms with Crippen LogP contribution in [0.15, 0.2) is 36.4 Å². The molecule has 19 heavy (non-hydrogen) atoms. The topological polar surface area (TPSA) is 44.5 Å². The lowest BCUT2D eigenvalue weighted by atomic mass is 10.0. The maximum absolute atomic E-state index is 13.9. The van der Waals surface area contributed by atoms with Gasteiger partial charge in [0.1, 0.15) is 19.0 Å². The molecule has 0 aromatic heterocycles. The van der Waals surface area contributed by atoms with Crippen LogP contribution in [0.2, 0.25) is 0 Å². The van der Waals surface area contributed by atoms with Crippen molar-refractivity contribution in [3.05, 3.63) is 47.8 Å². The smallest absolute Gasteiger partial charge is 0.161 e. The van der Waals surface area contributed by atoms with Crippen molar-refractivity contribution in [2.45, 2.75) is 6.54 Å². The van der Waals surface area contributed by atoms with Crippen LogP contribution >= 0.6 is 0 Å². The third kappa shape index (κ3) is 2.27. The highest BCUT2D eigenvalue weighted by atomic mass is 19.1. The van der Waals surface area contributed by atoms with Gasteiger partial charge < -0.3 is 15.2 Å². The van der Waals surface area contributed by atoms with Gasteiger partial charge in [-0.25, -0.2) is 4.39 Å². The minimum absolute atomic E-state index is 0.270. The van der Waals surface area contributed by atoms with Crippen LogP contribution in [0.5, 0.6) is 11.5 Å². The van der Waals surface area contributed by atoms with Crippen LogP contribution in [0, 0.1) is 5.82 Å². The molecule has 0 radical (unpaired) electrons. The van der Waals surface area contributed by atoms with Crippen LogP contribution in [0.25, 0.3) is 11.1 Å². The summed E-state index contributed by atoms with van der Waals surface area (Å²) in [6.07, 6.45) is 0. The molecule has 2 N–H and O–H groups in total. The largest absolute Gasteiger partial charge is 0.486 e. The van der Waals surface area contributed by atoms with Gasteiger partial charge in [0.15, 0.2) is 11.5 Å². The Labute approximate surface area is 110 Å². The van der Waals surface area contributed by atoms with Crippen LogP contribution in [0.1, 0.15) is 5.56 Å². The van der Waals surface area contributed by atoms with Gasteiger partial charge in [-0.05, 0) is 35.4 Å². The minimum Gasteiger partial charge on any atom is -0.486 e. The van der Waals surface area contributed by atoms with Crippen molar-refractivity contribution in [3.8, 4) is 22.6 Å². The number of hydrogen-bond acceptors (Lipinski definition) is 3. The van der Waals surface area contributed by atoms with E-state index in [1.54, 1.807) is 24.3 Å². The second-order valence-corrected chi connectivity index (χ2v) is 4.38. The van der Waals surface area contributed by atoms with Crippen molar-refractivity contribution >= 4 is 0 Å². The minimum atomic E-state index is -0.270. The third-order valence-corrected chi connectivity index (χ3v) is 3.12. The first kappa shape index (κ1) is 12.0.